The van der Waals surface area contributed by atoms with E-state index in [0.717, 1.165) is 48.9 Å². The second kappa shape index (κ2) is 8.16. The van der Waals surface area contributed by atoms with Crippen molar-refractivity contribution in [2.24, 2.45) is 5.92 Å². The van der Waals surface area contributed by atoms with Crippen molar-refractivity contribution in [3.63, 3.8) is 0 Å². The maximum absolute atomic E-state index is 13.5. The number of thioether (sulfide) groups is 1. The molecule has 3 atom stereocenters. The predicted octanol–water partition coefficient (Wildman–Crippen LogP) is 3.42. The quantitative estimate of drug-likeness (QED) is 0.418. The lowest BCUT2D eigenvalue weighted by Crippen LogP contribution is -2.30. The second-order valence-electron chi connectivity index (χ2n) is 7.76. The molecule has 3 heterocycles. The third kappa shape index (κ3) is 3.74. The zero-order valence-electron chi connectivity index (χ0n) is 16.5. The number of aryl methyl sites for hydroxylation is 1. The van der Waals surface area contributed by atoms with E-state index in [1.54, 1.807) is 22.8 Å². The van der Waals surface area contributed by atoms with Crippen molar-refractivity contribution >= 4 is 39.3 Å². The van der Waals surface area contributed by atoms with E-state index < -0.39 is 5.25 Å². The Bertz CT molecular complexity index is 946. The number of carbonyl (C=O) groups excluding carboxylic acids is 1. The summed E-state index contributed by atoms with van der Waals surface area (Å²) >= 11 is 2.93. The van der Waals surface area contributed by atoms with Gasteiger partial charge in [0, 0.05) is 11.5 Å². The zero-order chi connectivity index (χ0) is 19.8. The number of ether oxygens (including phenoxy) is 2. The number of esters is 1. The van der Waals surface area contributed by atoms with Gasteiger partial charge in [-0.3, -0.25) is 14.2 Å². The normalized spacial score (nSPS) is 23.0. The van der Waals surface area contributed by atoms with Gasteiger partial charge in [-0.25, -0.2) is 4.98 Å². The largest absolute Gasteiger partial charge is 0.468 e. The Kier molecular flexibility index (Phi) is 5.81. The fourth-order valence-electron chi connectivity index (χ4n) is 4.02. The highest BCUT2D eigenvalue weighted by Gasteiger charge is 2.27. The Balaban J connectivity index is 1.80. The van der Waals surface area contributed by atoms with Gasteiger partial charge in [0.1, 0.15) is 10.1 Å². The minimum Gasteiger partial charge on any atom is -0.468 e. The highest BCUT2D eigenvalue weighted by Crippen LogP contribution is 2.37. The SMILES string of the molecule is COC(=O)[C@@H](C)Sc1nc2sc3c(c2c(=O)n1C[C@@H]1CCCO1)CC[C@H](C)C3. The van der Waals surface area contributed by atoms with Crippen LogP contribution in [0.25, 0.3) is 10.2 Å². The first-order valence-electron chi connectivity index (χ1n) is 9.89. The van der Waals surface area contributed by atoms with Crippen LogP contribution in [0.4, 0.5) is 0 Å². The van der Waals surface area contributed by atoms with Crippen LogP contribution in [0.5, 0.6) is 0 Å². The molecule has 0 bridgehead atoms. The highest BCUT2D eigenvalue weighted by atomic mass is 32.2. The van der Waals surface area contributed by atoms with Crippen molar-refractivity contribution in [2.75, 3.05) is 13.7 Å². The maximum Gasteiger partial charge on any atom is 0.318 e. The summed E-state index contributed by atoms with van der Waals surface area (Å²) in [6.07, 6.45) is 5.06. The highest BCUT2D eigenvalue weighted by molar-refractivity contribution is 8.00. The summed E-state index contributed by atoms with van der Waals surface area (Å²) in [7, 11) is 1.38. The van der Waals surface area contributed by atoms with Crippen LogP contribution in [0.3, 0.4) is 0 Å². The molecule has 8 heteroatoms. The third-order valence-electron chi connectivity index (χ3n) is 5.61. The summed E-state index contributed by atoms with van der Waals surface area (Å²) in [4.78, 5) is 32.4. The minimum absolute atomic E-state index is 0.00659. The van der Waals surface area contributed by atoms with Gasteiger partial charge in [0.15, 0.2) is 5.16 Å². The zero-order valence-corrected chi connectivity index (χ0v) is 18.2. The molecular weight excluding hydrogens is 396 g/mol. The van der Waals surface area contributed by atoms with Crippen LogP contribution in [0.2, 0.25) is 0 Å². The predicted molar refractivity (Wildman–Crippen MR) is 111 cm³/mol. The van der Waals surface area contributed by atoms with E-state index in [9.17, 15) is 9.59 Å². The summed E-state index contributed by atoms with van der Waals surface area (Å²) in [5.41, 5.74) is 1.20. The third-order valence-corrected chi connectivity index (χ3v) is 7.82. The standard InChI is InChI=1S/C20H26N2O4S2/c1-11-6-7-14-15(9-11)28-17-16(14)18(23)22(10-13-5-4-8-26-13)20(21-17)27-12(2)19(24)25-3/h11-13H,4-10H2,1-3H3/t11-,12+,13-/m0/s1. The molecule has 0 unspecified atom stereocenters. The molecule has 28 heavy (non-hydrogen) atoms. The number of hydrogen-bond donors (Lipinski definition) is 0. The van der Waals surface area contributed by atoms with E-state index in [4.69, 9.17) is 14.5 Å². The van der Waals surface area contributed by atoms with Gasteiger partial charge < -0.3 is 9.47 Å². The molecule has 0 spiro atoms. The Labute approximate surface area is 172 Å². The van der Waals surface area contributed by atoms with Crippen molar-refractivity contribution in [2.45, 2.75) is 69.0 Å². The van der Waals surface area contributed by atoms with Crippen LogP contribution in [0, 0.1) is 5.92 Å². The van der Waals surface area contributed by atoms with E-state index in [1.165, 1.54) is 29.3 Å². The number of fused-ring (bicyclic) bond motifs is 3. The summed E-state index contributed by atoms with van der Waals surface area (Å²) in [5.74, 6) is 0.324. The first kappa shape index (κ1) is 19.9. The number of rotatable bonds is 5. The molecule has 1 aliphatic carbocycles. The molecule has 2 aromatic rings. The van der Waals surface area contributed by atoms with Crippen LogP contribution >= 0.6 is 23.1 Å². The molecule has 1 saturated heterocycles. The second-order valence-corrected chi connectivity index (χ2v) is 10.2. The van der Waals surface area contributed by atoms with Crippen LogP contribution in [-0.2, 0) is 33.7 Å². The first-order chi connectivity index (χ1) is 13.5. The monoisotopic (exact) mass is 422 g/mol. The average molecular weight is 423 g/mol. The van der Waals surface area contributed by atoms with Crippen molar-refractivity contribution in [1.82, 2.24) is 9.55 Å². The topological polar surface area (TPSA) is 70.4 Å². The van der Waals surface area contributed by atoms with Gasteiger partial charge in [0.25, 0.3) is 5.56 Å². The first-order valence-corrected chi connectivity index (χ1v) is 11.6. The van der Waals surface area contributed by atoms with Gasteiger partial charge in [-0.05, 0) is 50.5 Å². The smallest absolute Gasteiger partial charge is 0.318 e. The molecule has 1 fully saturated rings. The van der Waals surface area contributed by atoms with Gasteiger partial charge in [0.2, 0.25) is 0 Å². The van der Waals surface area contributed by atoms with E-state index >= 15 is 0 Å². The van der Waals surface area contributed by atoms with Gasteiger partial charge in [-0.2, -0.15) is 0 Å². The molecule has 0 aromatic carbocycles. The fourth-order valence-corrected chi connectivity index (χ4v) is 6.39. The number of hydrogen-bond acceptors (Lipinski definition) is 7. The molecule has 0 saturated carbocycles. The summed E-state index contributed by atoms with van der Waals surface area (Å²) in [6, 6.07) is 0. The van der Waals surface area contributed by atoms with Gasteiger partial charge in [-0.15, -0.1) is 11.3 Å². The van der Waals surface area contributed by atoms with Gasteiger partial charge >= 0.3 is 5.97 Å². The maximum atomic E-state index is 13.5. The Morgan fingerprint density at radius 3 is 3.00 bits per heavy atom. The number of nitrogens with zero attached hydrogens (tertiary/aromatic N) is 2. The number of thiophene rings is 1. The van der Waals surface area contributed by atoms with Gasteiger partial charge in [0.05, 0.1) is 25.1 Å². The van der Waals surface area contributed by atoms with Crippen molar-refractivity contribution in [3.8, 4) is 0 Å². The van der Waals surface area contributed by atoms with Crippen molar-refractivity contribution in [1.29, 1.82) is 0 Å². The number of methoxy groups -OCH3 is 1. The van der Waals surface area contributed by atoms with Crippen LogP contribution in [0.15, 0.2) is 9.95 Å². The molecule has 6 nitrogen and oxygen atoms in total. The van der Waals surface area contributed by atoms with E-state index in [0.29, 0.717) is 17.6 Å². The molecule has 0 amide bonds. The molecule has 4 rings (SSSR count). The number of carbonyl (C=O) groups is 1. The molecule has 1 aliphatic heterocycles. The average Bonchev–Trinajstić information content (AvgIpc) is 3.30. The van der Waals surface area contributed by atoms with Crippen LogP contribution < -0.4 is 5.56 Å². The van der Waals surface area contributed by atoms with Crippen LogP contribution in [0.1, 0.15) is 43.6 Å². The van der Waals surface area contributed by atoms with Crippen molar-refractivity contribution in [3.05, 3.63) is 20.8 Å². The summed E-state index contributed by atoms with van der Waals surface area (Å²) in [5, 5.41) is 0.928. The minimum atomic E-state index is -0.431. The fraction of sp³-hybridized carbons (Fsp3) is 0.650. The van der Waals surface area contributed by atoms with E-state index in [1.807, 2.05) is 0 Å². The Hall–Kier alpha value is -1.38. The van der Waals surface area contributed by atoms with E-state index in [2.05, 4.69) is 6.92 Å². The van der Waals surface area contributed by atoms with Crippen molar-refractivity contribution < 1.29 is 14.3 Å². The van der Waals surface area contributed by atoms with Gasteiger partial charge in [-0.1, -0.05) is 18.7 Å². The molecule has 152 valence electrons. The lowest BCUT2D eigenvalue weighted by atomic mass is 9.89. The molecule has 2 aliphatic rings. The molecule has 0 radical (unpaired) electrons. The lowest BCUT2D eigenvalue weighted by Gasteiger charge is -2.19. The van der Waals surface area contributed by atoms with Crippen LogP contribution in [-0.4, -0.2) is 40.6 Å². The number of aromatic nitrogens is 2. The van der Waals surface area contributed by atoms with E-state index in [-0.39, 0.29) is 17.6 Å². The lowest BCUT2D eigenvalue weighted by molar-refractivity contribution is -0.139. The Morgan fingerprint density at radius 1 is 1.46 bits per heavy atom. The summed E-state index contributed by atoms with van der Waals surface area (Å²) < 4.78 is 12.4. The molecule has 0 N–H and O–H groups in total. The Morgan fingerprint density at radius 2 is 2.29 bits per heavy atom. The molecular formula is C20H26N2O4S2. The molecule has 2 aromatic heterocycles. The summed E-state index contributed by atoms with van der Waals surface area (Å²) in [6.45, 7) is 5.26.